The van der Waals surface area contributed by atoms with E-state index >= 15 is 0 Å². The zero-order valence-electron chi connectivity index (χ0n) is 14.6. The highest BCUT2D eigenvalue weighted by molar-refractivity contribution is 6.31. The summed E-state index contributed by atoms with van der Waals surface area (Å²) in [6.45, 7) is 4.48. The predicted octanol–water partition coefficient (Wildman–Crippen LogP) is 4.07. The Morgan fingerprint density at radius 1 is 1.08 bits per heavy atom. The molecule has 0 radical (unpaired) electrons. The highest BCUT2D eigenvalue weighted by atomic mass is 35.5. The van der Waals surface area contributed by atoms with Crippen LogP contribution in [0, 0.1) is 6.92 Å². The van der Waals surface area contributed by atoms with Crippen LogP contribution in [0.3, 0.4) is 0 Å². The molecule has 5 heteroatoms. The van der Waals surface area contributed by atoms with Crippen LogP contribution >= 0.6 is 11.6 Å². The number of hydrogen-bond donors (Lipinski definition) is 1. The summed E-state index contributed by atoms with van der Waals surface area (Å²) in [4.78, 5) is 26.5. The highest BCUT2D eigenvalue weighted by Crippen LogP contribution is 2.17. The van der Waals surface area contributed by atoms with Crippen molar-refractivity contribution in [3.05, 3.63) is 64.7 Å². The molecule has 25 heavy (non-hydrogen) atoms. The van der Waals surface area contributed by atoms with Crippen LogP contribution in [0.5, 0.6) is 0 Å². The number of halogens is 1. The molecular weight excluding hydrogens is 336 g/mol. The maximum absolute atomic E-state index is 12.6. The van der Waals surface area contributed by atoms with Crippen molar-refractivity contribution in [2.24, 2.45) is 0 Å². The molecule has 0 atom stereocenters. The first kappa shape index (κ1) is 19.0. The molecule has 0 aliphatic carbocycles. The van der Waals surface area contributed by atoms with Gasteiger partial charge in [-0.05, 0) is 36.6 Å². The van der Waals surface area contributed by atoms with Crippen molar-refractivity contribution in [3.8, 4) is 0 Å². The van der Waals surface area contributed by atoms with Gasteiger partial charge < -0.3 is 10.2 Å². The van der Waals surface area contributed by atoms with E-state index in [4.69, 9.17) is 11.6 Å². The van der Waals surface area contributed by atoms with Crippen LogP contribution in [0.25, 0.3) is 0 Å². The minimum Gasteiger partial charge on any atom is -0.333 e. The molecule has 0 bridgehead atoms. The number of carbonyl (C=O) groups is 2. The van der Waals surface area contributed by atoms with Crippen molar-refractivity contribution in [2.45, 2.75) is 26.7 Å². The van der Waals surface area contributed by atoms with E-state index in [9.17, 15) is 9.59 Å². The van der Waals surface area contributed by atoms with E-state index in [1.165, 1.54) is 0 Å². The third-order valence-electron chi connectivity index (χ3n) is 3.90. The summed E-state index contributed by atoms with van der Waals surface area (Å²) in [7, 11) is 0. The van der Waals surface area contributed by atoms with E-state index in [1.54, 1.807) is 11.0 Å². The molecule has 0 aliphatic heterocycles. The van der Waals surface area contributed by atoms with Gasteiger partial charge in [0.15, 0.2) is 0 Å². The molecule has 0 fully saturated rings. The average Bonchev–Trinajstić information content (AvgIpc) is 2.58. The van der Waals surface area contributed by atoms with Gasteiger partial charge in [-0.25, -0.2) is 0 Å². The first-order valence-electron chi connectivity index (χ1n) is 8.38. The van der Waals surface area contributed by atoms with Crippen LogP contribution in [0.2, 0.25) is 5.02 Å². The number of nitrogens with zero attached hydrogens (tertiary/aromatic N) is 1. The second-order valence-electron chi connectivity index (χ2n) is 5.95. The van der Waals surface area contributed by atoms with Crippen molar-refractivity contribution >= 4 is 29.1 Å². The molecule has 4 nitrogen and oxygen atoms in total. The minimum absolute atomic E-state index is 0.0332. The van der Waals surface area contributed by atoms with Gasteiger partial charge in [0.1, 0.15) is 0 Å². The van der Waals surface area contributed by atoms with Crippen LogP contribution in [0.4, 0.5) is 5.69 Å². The van der Waals surface area contributed by atoms with E-state index in [-0.39, 0.29) is 24.8 Å². The molecule has 0 unspecified atom stereocenters. The Bertz CT molecular complexity index is 746. The maximum atomic E-state index is 12.6. The van der Waals surface area contributed by atoms with Gasteiger partial charge in [-0.3, -0.25) is 9.59 Å². The SMILES string of the molecule is CCCN(CC(=O)Nc1ccccc1C)C(=O)Cc1ccccc1Cl. The molecule has 2 rings (SSSR count). The molecule has 1 N–H and O–H groups in total. The molecule has 132 valence electrons. The smallest absolute Gasteiger partial charge is 0.244 e. The fourth-order valence-electron chi connectivity index (χ4n) is 2.55. The Labute approximate surface area is 153 Å². The topological polar surface area (TPSA) is 49.4 Å². The molecule has 0 saturated heterocycles. The quantitative estimate of drug-likeness (QED) is 0.811. The first-order chi connectivity index (χ1) is 12.0. The standard InChI is InChI=1S/C20H23ClN2O2/c1-3-12-23(20(25)13-16-9-5-6-10-17(16)21)14-19(24)22-18-11-7-4-8-15(18)2/h4-11H,3,12-14H2,1-2H3,(H,22,24). The third-order valence-corrected chi connectivity index (χ3v) is 4.27. The number of para-hydroxylation sites is 1. The van der Waals surface area contributed by atoms with Crippen LogP contribution in [0.1, 0.15) is 24.5 Å². The lowest BCUT2D eigenvalue weighted by molar-refractivity contribution is -0.134. The predicted molar refractivity (Wildman–Crippen MR) is 102 cm³/mol. The minimum atomic E-state index is -0.199. The summed E-state index contributed by atoms with van der Waals surface area (Å²) >= 11 is 6.13. The molecule has 2 aromatic rings. The van der Waals surface area contributed by atoms with Crippen molar-refractivity contribution in [1.82, 2.24) is 4.90 Å². The van der Waals surface area contributed by atoms with E-state index < -0.39 is 0 Å². The van der Waals surface area contributed by atoms with Gasteiger partial charge in [0.25, 0.3) is 0 Å². The Morgan fingerprint density at radius 2 is 1.76 bits per heavy atom. The molecule has 0 spiro atoms. The molecule has 0 aliphatic rings. The second kappa shape index (κ2) is 9.23. The average molecular weight is 359 g/mol. The monoisotopic (exact) mass is 358 g/mol. The summed E-state index contributed by atoms with van der Waals surface area (Å²) in [6.07, 6.45) is 0.975. The van der Waals surface area contributed by atoms with E-state index in [2.05, 4.69) is 5.32 Å². The van der Waals surface area contributed by atoms with Gasteiger partial charge in [-0.1, -0.05) is 54.9 Å². The summed E-state index contributed by atoms with van der Waals surface area (Å²) in [5, 5.41) is 3.44. The Balaban J connectivity index is 2.02. The van der Waals surface area contributed by atoms with Crippen LogP contribution in [-0.2, 0) is 16.0 Å². The third kappa shape index (κ3) is 5.61. The van der Waals surface area contributed by atoms with Crippen molar-refractivity contribution in [2.75, 3.05) is 18.4 Å². The Hall–Kier alpha value is -2.33. The zero-order valence-corrected chi connectivity index (χ0v) is 15.3. The fourth-order valence-corrected chi connectivity index (χ4v) is 2.76. The zero-order chi connectivity index (χ0) is 18.2. The molecule has 0 saturated carbocycles. The fraction of sp³-hybridized carbons (Fsp3) is 0.300. The largest absolute Gasteiger partial charge is 0.333 e. The summed E-state index contributed by atoms with van der Waals surface area (Å²) in [5.74, 6) is -0.301. The normalized spacial score (nSPS) is 10.4. The van der Waals surface area contributed by atoms with E-state index in [0.29, 0.717) is 11.6 Å². The Kier molecular flexibility index (Phi) is 7.02. The summed E-state index contributed by atoms with van der Waals surface area (Å²) in [5.41, 5.74) is 2.53. The van der Waals surface area contributed by atoms with Gasteiger partial charge in [-0.15, -0.1) is 0 Å². The number of anilines is 1. The molecular formula is C20H23ClN2O2. The lowest BCUT2D eigenvalue weighted by Gasteiger charge is -2.22. The molecule has 0 heterocycles. The lowest BCUT2D eigenvalue weighted by Crippen LogP contribution is -2.39. The summed E-state index contributed by atoms with van der Waals surface area (Å²) in [6, 6.07) is 14.8. The number of benzene rings is 2. The van der Waals surface area contributed by atoms with Crippen LogP contribution in [-0.4, -0.2) is 29.8 Å². The number of rotatable bonds is 7. The van der Waals surface area contributed by atoms with Gasteiger partial charge in [-0.2, -0.15) is 0 Å². The highest BCUT2D eigenvalue weighted by Gasteiger charge is 2.18. The number of amides is 2. The lowest BCUT2D eigenvalue weighted by atomic mass is 10.1. The number of aryl methyl sites for hydroxylation is 1. The number of carbonyl (C=O) groups excluding carboxylic acids is 2. The van der Waals surface area contributed by atoms with Crippen molar-refractivity contribution in [3.63, 3.8) is 0 Å². The van der Waals surface area contributed by atoms with Crippen LogP contribution in [0.15, 0.2) is 48.5 Å². The van der Waals surface area contributed by atoms with Gasteiger partial charge in [0.05, 0.1) is 13.0 Å². The van der Waals surface area contributed by atoms with Gasteiger partial charge in [0.2, 0.25) is 11.8 Å². The number of hydrogen-bond acceptors (Lipinski definition) is 2. The van der Waals surface area contributed by atoms with E-state index in [1.807, 2.05) is 56.3 Å². The van der Waals surface area contributed by atoms with Gasteiger partial charge >= 0.3 is 0 Å². The molecule has 0 aromatic heterocycles. The van der Waals surface area contributed by atoms with E-state index in [0.717, 1.165) is 23.2 Å². The number of nitrogens with one attached hydrogen (secondary N) is 1. The second-order valence-corrected chi connectivity index (χ2v) is 6.35. The van der Waals surface area contributed by atoms with Crippen molar-refractivity contribution < 1.29 is 9.59 Å². The molecule has 2 aromatic carbocycles. The van der Waals surface area contributed by atoms with Crippen molar-refractivity contribution in [1.29, 1.82) is 0 Å². The molecule has 2 amide bonds. The van der Waals surface area contributed by atoms with Gasteiger partial charge in [0, 0.05) is 17.3 Å². The first-order valence-corrected chi connectivity index (χ1v) is 8.75. The maximum Gasteiger partial charge on any atom is 0.244 e. The summed E-state index contributed by atoms with van der Waals surface area (Å²) < 4.78 is 0. The van der Waals surface area contributed by atoms with Crippen LogP contribution < -0.4 is 5.32 Å². The Morgan fingerprint density at radius 3 is 2.44 bits per heavy atom.